The Bertz CT molecular complexity index is 852. The van der Waals surface area contributed by atoms with Crippen molar-refractivity contribution in [2.45, 2.75) is 25.9 Å². The van der Waals surface area contributed by atoms with Gasteiger partial charge in [-0.15, -0.1) is 0 Å². The zero-order valence-corrected chi connectivity index (χ0v) is 15.7. The lowest BCUT2D eigenvalue weighted by Gasteiger charge is -2.15. The SMILES string of the molecule is CC(=O)Nc1ccc(NC(=O)CCCNC(=O)c2ccsc2)c(C(F)(F)F)c1. The molecule has 0 radical (unpaired) electrons. The summed E-state index contributed by atoms with van der Waals surface area (Å²) in [7, 11) is 0. The molecule has 28 heavy (non-hydrogen) atoms. The van der Waals surface area contributed by atoms with E-state index in [0.717, 1.165) is 12.1 Å². The second-order valence-electron chi connectivity index (χ2n) is 5.86. The number of anilines is 2. The van der Waals surface area contributed by atoms with Gasteiger partial charge in [0.2, 0.25) is 11.8 Å². The molecule has 0 spiro atoms. The van der Waals surface area contributed by atoms with Crippen LogP contribution in [0.2, 0.25) is 0 Å². The first-order chi connectivity index (χ1) is 13.2. The third-order valence-corrected chi connectivity index (χ3v) is 4.25. The number of benzene rings is 1. The minimum absolute atomic E-state index is 0.0195. The first-order valence-corrected chi connectivity index (χ1v) is 9.20. The molecular weight excluding hydrogens is 395 g/mol. The average molecular weight is 413 g/mol. The highest BCUT2D eigenvalue weighted by molar-refractivity contribution is 7.08. The minimum Gasteiger partial charge on any atom is -0.352 e. The molecule has 6 nitrogen and oxygen atoms in total. The van der Waals surface area contributed by atoms with E-state index in [1.54, 1.807) is 16.8 Å². The average Bonchev–Trinajstić information content (AvgIpc) is 3.13. The highest BCUT2D eigenvalue weighted by atomic mass is 32.1. The molecule has 0 bridgehead atoms. The molecule has 150 valence electrons. The highest BCUT2D eigenvalue weighted by Crippen LogP contribution is 2.36. The summed E-state index contributed by atoms with van der Waals surface area (Å²) < 4.78 is 39.7. The number of carbonyl (C=O) groups is 3. The van der Waals surface area contributed by atoms with Gasteiger partial charge in [-0.1, -0.05) is 0 Å². The summed E-state index contributed by atoms with van der Waals surface area (Å²) in [4.78, 5) is 34.7. The molecule has 0 saturated carbocycles. The molecule has 10 heteroatoms. The topological polar surface area (TPSA) is 87.3 Å². The maximum absolute atomic E-state index is 13.2. The fourth-order valence-corrected chi connectivity index (χ4v) is 2.96. The Hall–Kier alpha value is -2.88. The van der Waals surface area contributed by atoms with Crippen molar-refractivity contribution in [1.29, 1.82) is 0 Å². The normalized spacial score (nSPS) is 11.0. The van der Waals surface area contributed by atoms with Crippen LogP contribution in [0.5, 0.6) is 0 Å². The largest absolute Gasteiger partial charge is 0.418 e. The molecule has 1 aromatic carbocycles. The van der Waals surface area contributed by atoms with Crippen LogP contribution in [0.3, 0.4) is 0 Å². The maximum atomic E-state index is 13.2. The molecule has 0 atom stereocenters. The summed E-state index contributed by atoms with van der Waals surface area (Å²) in [5.41, 5.74) is -0.954. The van der Waals surface area contributed by atoms with E-state index in [4.69, 9.17) is 0 Å². The lowest BCUT2D eigenvalue weighted by molar-refractivity contribution is -0.137. The Morgan fingerprint density at radius 2 is 1.86 bits per heavy atom. The van der Waals surface area contributed by atoms with Gasteiger partial charge >= 0.3 is 6.18 Å². The summed E-state index contributed by atoms with van der Waals surface area (Å²) in [6, 6.07) is 4.78. The van der Waals surface area contributed by atoms with Crippen molar-refractivity contribution < 1.29 is 27.6 Å². The van der Waals surface area contributed by atoms with Crippen LogP contribution >= 0.6 is 11.3 Å². The molecule has 0 unspecified atom stereocenters. The monoisotopic (exact) mass is 413 g/mol. The summed E-state index contributed by atoms with van der Waals surface area (Å²) in [5.74, 6) is -1.38. The van der Waals surface area contributed by atoms with Crippen LogP contribution in [-0.4, -0.2) is 24.3 Å². The van der Waals surface area contributed by atoms with Crippen LogP contribution in [0.1, 0.15) is 35.7 Å². The summed E-state index contributed by atoms with van der Waals surface area (Å²) in [6.07, 6.45) is -4.49. The number of alkyl halides is 3. The quantitative estimate of drug-likeness (QED) is 0.602. The Labute approximate surface area is 163 Å². The molecule has 0 saturated heterocycles. The summed E-state index contributed by atoms with van der Waals surface area (Å²) in [6.45, 7) is 1.40. The number of amides is 3. The van der Waals surface area contributed by atoms with Gasteiger partial charge in [0.1, 0.15) is 0 Å². The molecule has 1 heterocycles. The Morgan fingerprint density at radius 3 is 2.46 bits per heavy atom. The molecule has 1 aromatic heterocycles. The third kappa shape index (κ3) is 6.38. The van der Waals surface area contributed by atoms with Gasteiger partial charge in [-0.25, -0.2) is 0 Å². The van der Waals surface area contributed by atoms with E-state index in [1.807, 2.05) is 0 Å². The van der Waals surface area contributed by atoms with E-state index in [-0.39, 0.29) is 31.0 Å². The van der Waals surface area contributed by atoms with Crippen molar-refractivity contribution in [1.82, 2.24) is 5.32 Å². The molecule has 2 aromatic rings. The van der Waals surface area contributed by atoms with Crippen LogP contribution in [0.15, 0.2) is 35.0 Å². The fourth-order valence-electron chi connectivity index (χ4n) is 2.33. The summed E-state index contributed by atoms with van der Waals surface area (Å²) >= 11 is 1.38. The number of carbonyl (C=O) groups excluding carboxylic acids is 3. The molecule has 3 amide bonds. The fraction of sp³-hybridized carbons (Fsp3) is 0.278. The zero-order chi connectivity index (χ0) is 20.7. The molecular formula is C18H18F3N3O3S. The van der Waals surface area contributed by atoms with Gasteiger partial charge in [0.05, 0.1) is 11.3 Å². The van der Waals surface area contributed by atoms with Crippen molar-refractivity contribution in [2.24, 2.45) is 0 Å². The maximum Gasteiger partial charge on any atom is 0.418 e. The molecule has 0 aliphatic heterocycles. The second kappa shape index (κ2) is 9.36. The number of hydrogen-bond donors (Lipinski definition) is 3. The van der Waals surface area contributed by atoms with Crippen LogP contribution in [0.4, 0.5) is 24.5 Å². The predicted octanol–water partition coefficient (Wildman–Crippen LogP) is 3.87. The Morgan fingerprint density at radius 1 is 1.11 bits per heavy atom. The van der Waals surface area contributed by atoms with Gasteiger partial charge in [-0.2, -0.15) is 24.5 Å². The number of rotatable bonds is 7. The van der Waals surface area contributed by atoms with E-state index in [9.17, 15) is 27.6 Å². The van der Waals surface area contributed by atoms with Gasteiger partial charge in [-0.3, -0.25) is 14.4 Å². The Kier molecular flexibility index (Phi) is 7.16. The van der Waals surface area contributed by atoms with Crippen LogP contribution in [0, 0.1) is 0 Å². The van der Waals surface area contributed by atoms with Crippen molar-refractivity contribution in [3.05, 3.63) is 46.2 Å². The van der Waals surface area contributed by atoms with Gasteiger partial charge in [0.15, 0.2) is 0 Å². The van der Waals surface area contributed by atoms with E-state index in [1.165, 1.54) is 24.3 Å². The molecule has 3 N–H and O–H groups in total. The molecule has 0 fully saturated rings. The van der Waals surface area contributed by atoms with Crippen LogP contribution in [0.25, 0.3) is 0 Å². The van der Waals surface area contributed by atoms with E-state index < -0.39 is 29.2 Å². The first kappa shape index (κ1) is 21.4. The number of nitrogens with one attached hydrogen (secondary N) is 3. The van der Waals surface area contributed by atoms with Crippen molar-refractivity contribution >= 4 is 40.4 Å². The van der Waals surface area contributed by atoms with Gasteiger partial charge in [0.25, 0.3) is 5.91 Å². The minimum atomic E-state index is -4.70. The number of thiophene rings is 1. The molecule has 2 rings (SSSR count). The van der Waals surface area contributed by atoms with E-state index in [0.29, 0.717) is 5.56 Å². The van der Waals surface area contributed by atoms with Gasteiger partial charge in [-0.05, 0) is 36.1 Å². The van der Waals surface area contributed by atoms with Gasteiger partial charge < -0.3 is 16.0 Å². The van der Waals surface area contributed by atoms with Crippen molar-refractivity contribution in [3.63, 3.8) is 0 Å². The third-order valence-electron chi connectivity index (χ3n) is 3.57. The van der Waals surface area contributed by atoms with Crippen molar-refractivity contribution in [3.8, 4) is 0 Å². The van der Waals surface area contributed by atoms with Gasteiger partial charge in [0, 0.05) is 36.5 Å². The zero-order valence-electron chi connectivity index (χ0n) is 14.9. The highest BCUT2D eigenvalue weighted by Gasteiger charge is 2.34. The Balaban J connectivity index is 1.91. The van der Waals surface area contributed by atoms with Crippen LogP contribution < -0.4 is 16.0 Å². The van der Waals surface area contributed by atoms with E-state index >= 15 is 0 Å². The van der Waals surface area contributed by atoms with Crippen LogP contribution in [-0.2, 0) is 15.8 Å². The number of hydrogen-bond acceptors (Lipinski definition) is 4. The standard InChI is InChI=1S/C18H18F3N3O3S/c1-11(25)23-13-4-5-15(14(9-13)18(19,20)21)24-16(26)3-2-7-22-17(27)12-6-8-28-10-12/h4-6,8-10H,2-3,7H2,1H3,(H,22,27)(H,23,25)(H,24,26). The lowest BCUT2D eigenvalue weighted by Crippen LogP contribution is -2.25. The second-order valence-corrected chi connectivity index (χ2v) is 6.64. The van der Waals surface area contributed by atoms with Crippen molar-refractivity contribution in [2.75, 3.05) is 17.2 Å². The first-order valence-electron chi connectivity index (χ1n) is 8.26. The number of halogens is 3. The lowest BCUT2D eigenvalue weighted by atomic mass is 10.1. The smallest absolute Gasteiger partial charge is 0.352 e. The van der Waals surface area contributed by atoms with E-state index in [2.05, 4.69) is 16.0 Å². The summed E-state index contributed by atoms with van der Waals surface area (Å²) in [5, 5.41) is 10.6. The molecule has 0 aliphatic carbocycles. The molecule has 0 aliphatic rings. The predicted molar refractivity (Wildman–Crippen MR) is 100 cm³/mol.